The van der Waals surface area contributed by atoms with Gasteiger partial charge >= 0.3 is 0 Å². The average molecular weight is 215 g/mol. The van der Waals surface area contributed by atoms with Gasteiger partial charge in [0.15, 0.2) is 0 Å². The second-order valence-electron chi connectivity index (χ2n) is 3.37. The van der Waals surface area contributed by atoms with E-state index in [-0.39, 0.29) is 6.04 Å². The first-order chi connectivity index (χ1) is 7.81. The third kappa shape index (κ3) is 2.17. The number of ether oxygens (including phenoxy) is 1. The second-order valence-corrected chi connectivity index (χ2v) is 3.37. The van der Waals surface area contributed by atoms with E-state index >= 15 is 0 Å². The van der Waals surface area contributed by atoms with E-state index in [1.807, 2.05) is 30.3 Å². The molecule has 82 valence electrons. The Morgan fingerprint density at radius 1 is 1.19 bits per heavy atom. The SMILES string of the molecule is COc1cc(C(N)c2ccccc2)ncn1. The van der Waals surface area contributed by atoms with Crippen LogP contribution in [0, 0.1) is 0 Å². The van der Waals surface area contributed by atoms with Crippen molar-refractivity contribution in [1.82, 2.24) is 9.97 Å². The molecular formula is C12H13N3O. The van der Waals surface area contributed by atoms with E-state index < -0.39 is 0 Å². The van der Waals surface area contributed by atoms with Gasteiger partial charge in [-0.3, -0.25) is 0 Å². The minimum atomic E-state index is -0.252. The predicted molar refractivity (Wildman–Crippen MR) is 61.1 cm³/mol. The first-order valence-corrected chi connectivity index (χ1v) is 4.97. The highest BCUT2D eigenvalue weighted by molar-refractivity contribution is 5.28. The lowest BCUT2D eigenvalue weighted by Gasteiger charge is -2.11. The van der Waals surface area contributed by atoms with E-state index in [1.54, 1.807) is 13.2 Å². The molecular weight excluding hydrogens is 202 g/mol. The summed E-state index contributed by atoms with van der Waals surface area (Å²) >= 11 is 0. The van der Waals surface area contributed by atoms with Crippen molar-refractivity contribution in [2.45, 2.75) is 6.04 Å². The summed E-state index contributed by atoms with van der Waals surface area (Å²) in [6.45, 7) is 0. The molecule has 2 rings (SSSR count). The summed E-state index contributed by atoms with van der Waals surface area (Å²) in [5, 5.41) is 0. The minimum Gasteiger partial charge on any atom is -0.481 e. The lowest BCUT2D eigenvalue weighted by molar-refractivity contribution is 0.395. The summed E-state index contributed by atoms with van der Waals surface area (Å²) in [7, 11) is 1.57. The molecule has 2 aromatic rings. The summed E-state index contributed by atoms with van der Waals surface area (Å²) in [4.78, 5) is 8.09. The van der Waals surface area contributed by atoms with Crippen molar-refractivity contribution in [2.24, 2.45) is 5.73 Å². The highest BCUT2D eigenvalue weighted by Gasteiger charge is 2.10. The standard InChI is InChI=1S/C12H13N3O/c1-16-11-7-10(14-8-15-11)12(13)9-5-3-2-4-6-9/h2-8,12H,13H2,1H3. The predicted octanol–water partition coefficient (Wildman–Crippen LogP) is 1.53. The Hall–Kier alpha value is -1.94. The zero-order valence-corrected chi connectivity index (χ0v) is 9.00. The molecule has 0 spiro atoms. The lowest BCUT2D eigenvalue weighted by atomic mass is 10.0. The van der Waals surface area contributed by atoms with Crippen LogP contribution in [-0.4, -0.2) is 17.1 Å². The van der Waals surface area contributed by atoms with E-state index in [1.165, 1.54) is 6.33 Å². The van der Waals surface area contributed by atoms with Crippen LogP contribution in [0.2, 0.25) is 0 Å². The third-order valence-electron chi connectivity index (χ3n) is 2.35. The summed E-state index contributed by atoms with van der Waals surface area (Å²) < 4.78 is 5.03. The molecule has 0 bridgehead atoms. The topological polar surface area (TPSA) is 61.0 Å². The highest BCUT2D eigenvalue weighted by atomic mass is 16.5. The maximum Gasteiger partial charge on any atom is 0.216 e. The van der Waals surface area contributed by atoms with Gasteiger partial charge in [-0.2, -0.15) is 0 Å². The van der Waals surface area contributed by atoms with Crippen LogP contribution in [0.4, 0.5) is 0 Å². The molecule has 0 aliphatic carbocycles. The quantitative estimate of drug-likeness (QED) is 0.843. The minimum absolute atomic E-state index is 0.252. The summed E-state index contributed by atoms with van der Waals surface area (Å²) in [6.07, 6.45) is 1.46. The Kier molecular flexibility index (Phi) is 3.12. The van der Waals surface area contributed by atoms with Gasteiger partial charge in [-0.15, -0.1) is 0 Å². The fraction of sp³-hybridized carbons (Fsp3) is 0.167. The van der Waals surface area contributed by atoms with Gasteiger partial charge < -0.3 is 10.5 Å². The molecule has 2 N–H and O–H groups in total. The number of hydrogen-bond acceptors (Lipinski definition) is 4. The van der Waals surface area contributed by atoms with Gasteiger partial charge in [-0.25, -0.2) is 9.97 Å². The normalized spacial score (nSPS) is 12.1. The van der Waals surface area contributed by atoms with Crippen molar-refractivity contribution in [3.05, 3.63) is 54.0 Å². The van der Waals surface area contributed by atoms with Gasteiger partial charge in [0.05, 0.1) is 18.8 Å². The molecule has 1 aromatic carbocycles. The highest BCUT2D eigenvalue weighted by Crippen LogP contribution is 2.19. The first-order valence-electron chi connectivity index (χ1n) is 4.97. The Balaban J connectivity index is 2.30. The van der Waals surface area contributed by atoms with Gasteiger partial charge in [0.2, 0.25) is 5.88 Å². The number of nitrogens with zero attached hydrogens (tertiary/aromatic N) is 2. The Morgan fingerprint density at radius 3 is 2.62 bits per heavy atom. The molecule has 4 heteroatoms. The van der Waals surface area contributed by atoms with Crippen molar-refractivity contribution < 1.29 is 4.74 Å². The second kappa shape index (κ2) is 4.72. The summed E-state index contributed by atoms with van der Waals surface area (Å²) in [5.41, 5.74) is 7.86. The smallest absolute Gasteiger partial charge is 0.216 e. The summed E-state index contributed by atoms with van der Waals surface area (Å²) in [6, 6.07) is 11.3. The molecule has 16 heavy (non-hydrogen) atoms. The Bertz CT molecular complexity index is 459. The molecule has 0 radical (unpaired) electrons. The van der Waals surface area contributed by atoms with Crippen LogP contribution < -0.4 is 10.5 Å². The fourth-order valence-corrected chi connectivity index (χ4v) is 1.47. The number of aromatic nitrogens is 2. The van der Waals surface area contributed by atoms with E-state index in [2.05, 4.69) is 9.97 Å². The molecule has 0 aliphatic heterocycles. The monoisotopic (exact) mass is 215 g/mol. The first kappa shape index (κ1) is 10.6. The molecule has 0 aliphatic rings. The molecule has 0 saturated carbocycles. The van der Waals surface area contributed by atoms with Crippen LogP contribution in [-0.2, 0) is 0 Å². The molecule has 0 amide bonds. The number of nitrogens with two attached hydrogens (primary N) is 1. The molecule has 4 nitrogen and oxygen atoms in total. The zero-order valence-electron chi connectivity index (χ0n) is 9.00. The third-order valence-corrected chi connectivity index (χ3v) is 2.35. The van der Waals surface area contributed by atoms with Gasteiger partial charge in [-0.05, 0) is 5.56 Å². The van der Waals surface area contributed by atoms with Crippen LogP contribution in [0.15, 0.2) is 42.7 Å². The van der Waals surface area contributed by atoms with Crippen LogP contribution in [0.3, 0.4) is 0 Å². The van der Waals surface area contributed by atoms with Crippen molar-refractivity contribution in [3.8, 4) is 5.88 Å². The summed E-state index contributed by atoms with van der Waals surface area (Å²) in [5.74, 6) is 0.524. The van der Waals surface area contributed by atoms with E-state index in [0.717, 1.165) is 11.3 Å². The van der Waals surface area contributed by atoms with Crippen LogP contribution in [0.25, 0.3) is 0 Å². The van der Waals surface area contributed by atoms with Crippen molar-refractivity contribution in [3.63, 3.8) is 0 Å². The van der Waals surface area contributed by atoms with Crippen LogP contribution in [0.1, 0.15) is 17.3 Å². The van der Waals surface area contributed by atoms with E-state index in [4.69, 9.17) is 10.5 Å². The lowest BCUT2D eigenvalue weighted by Crippen LogP contribution is -2.13. The Labute approximate surface area is 94.1 Å². The molecule has 1 unspecified atom stereocenters. The maximum atomic E-state index is 6.09. The van der Waals surface area contributed by atoms with Crippen molar-refractivity contribution >= 4 is 0 Å². The van der Waals surface area contributed by atoms with Crippen molar-refractivity contribution in [2.75, 3.05) is 7.11 Å². The molecule has 1 aromatic heterocycles. The fourth-order valence-electron chi connectivity index (χ4n) is 1.47. The van der Waals surface area contributed by atoms with Gasteiger partial charge in [-0.1, -0.05) is 30.3 Å². The number of methoxy groups -OCH3 is 1. The zero-order chi connectivity index (χ0) is 11.4. The van der Waals surface area contributed by atoms with Gasteiger partial charge in [0.25, 0.3) is 0 Å². The van der Waals surface area contributed by atoms with Gasteiger partial charge in [0.1, 0.15) is 6.33 Å². The van der Waals surface area contributed by atoms with Gasteiger partial charge in [0, 0.05) is 6.07 Å². The van der Waals surface area contributed by atoms with E-state index in [9.17, 15) is 0 Å². The number of rotatable bonds is 3. The van der Waals surface area contributed by atoms with Crippen LogP contribution >= 0.6 is 0 Å². The van der Waals surface area contributed by atoms with Crippen LogP contribution in [0.5, 0.6) is 5.88 Å². The largest absolute Gasteiger partial charge is 0.481 e. The molecule has 1 heterocycles. The Morgan fingerprint density at radius 2 is 1.94 bits per heavy atom. The number of benzene rings is 1. The average Bonchev–Trinajstić information content (AvgIpc) is 2.39. The molecule has 0 fully saturated rings. The van der Waals surface area contributed by atoms with Crippen molar-refractivity contribution in [1.29, 1.82) is 0 Å². The molecule has 1 atom stereocenters. The maximum absolute atomic E-state index is 6.09. The van der Waals surface area contributed by atoms with E-state index in [0.29, 0.717) is 5.88 Å². The number of hydrogen-bond donors (Lipinski definition) is 1. The molecule has 0 saturated heterocycles.